The average molecular weight is 331 g/mol. The number of hydrogen-bond acceptors (Lipinski definition) is 3. The van der Waals surface area contributed by atoms with Gasteiger partial charge >= 0.3 is 0 Å². The molecule has 2 aliphatic rings. The maximum atomic E-state index is 12.7. The lowest BCUT2D eigenvalue weighted by Gasteiger charge is -2.46. The van der Waals surface area contributed by atoms with Crippen molar-refractivity contribution in [3.05, 3.63) is 35.4 Å². The van der Waals surface area contributed by atoms with Gasteiger partial charge in [-0.15, -0.1) is 0 Å². The summed E-state index contributed by atoms with van der Waals surface area (Å²) in [4.78, 5) is 14.7. The van der Waals surface area contributed by atoms with Crippen LogP contribution in [-0.4, -0.2) is 49.8 Å². The molecule has 3 rings (SSSR count). The summed E-state index contributed by atoms with van der Waals surface area (Å²) in [5, 5.41) is 0. The van der Waals surface area contributed by atoms with Crippen LogP contribution in [-0.2, 0) is 9.47 Å². The molecule has 0 aliphatic carbocycles. The quantitative estimate of drug-likeness (QED) is 0.848. The summed E-state index contributed by atoms with van der Waals surface area (Å²) < 4.78 is 11.4. The van der Waals surface area contributed by atoms with Crippen LogP contribution in [0, 0.1) is 12.8 Å². The lowest BCUT2D eigenvalue weighted by molar-refractivity contribution is -0.125. The number of benzene rings is 1. The molecule has 1 aromatic carbocycles. The van der Waals surface area contributed by atoms with E-state index in [0.717, 1.165) is 69.5 Å². The first-order valence-corrected chi connectivity index (χ1v) is 9.11. The second kappa shape index (κ2) is 7.66. The number of aryl methyl sites for hydroxylation is 1. The summed E-state index contributed by atoms with van der Waals surface area (Å²) in [7, 11) is 1.77. The minimum Gasteiger partial charge on any atom is -0.385 e. The van der Waals surface area contributed by atoms with Gasteiger partial charge in [-0.3, -0.25) is 4.79 Å². The lowest BCUT2D eigenvalue weighted by Crippen LogP contribution is -2.50. The lowest BCUT2D eigenvalue weighted by atomic mass is 9.78. The molecule has 1 atom stereocenters. The highest BCUT2D eigenvalue weighted by Crippen LogP contribution is 2.39. The maximum absolute atomic E-state index is 12.7. The van der Waals surface area contributed by atoms with Crippen molar-refractivity contribution in [1.29, 1.82) is 0 Å². The Balaban J connectivity index is 1.58. The average Bonchev–Trinajstić information content (AvgIpc) is 2.60. The van der Waals surface area contributed by atoms with Gasteiger partial charge in [0, 0.05) is 39.0 Å². The van der Waals surface area contributed by atoms with Crippen molar-refractivity contribution >= 4 is 5.91 Å². The fourth-order valence-corrected chi connectivity index (χ4v) is 4.09. The highest BCUT2D eigenvalue weighted by molar-refractivity contribution is 5.94. The Bertz CT molecular complexity index is 564. The van der Waals surface area contributed by atoms with E-state index >= 15 is 0 Å². The van der Waals surface area contributed by atoms with Crippen molar-refractivity contribution in [2.75, 3.05) is 33.4 Å². The number of ether oxygens (including phenoxy) is 2. The summed E-state index contributed by atoms with van der Waals surface area (Å²) in [6.07, 6.45) is 5.27. The first-order valence-electron chi connectivity index (χ1n) is 9.11. The molecule has 2 saturated heterocycles. The van der Waals surface area contributed by atoms with Crippen molar-refractivity contribution in [3.8, 4) is 0 Å². The van der Waals surface area contributed by atoms with Crippen LogP contribution < -0.4 is 0 Å². The zero-order valence-electron chi connectivity index (χ0n) is 14.9. The third-order valence-electron chi connectivity index (χ3n) is 5.55. The summed E-state index contributed by atoms with van der Waals surface area (Å²) in [6.45, 7) is 5.30. The molecule has 0 aromatic heterocycles. The van der Waals surface area contributed by atoms with Gasteiger partial charge in [-0.05, 0) is 57.1 Å². The number of rotatable bonds is 4. The topological polar surface area (TPSA) is 38.8 Å². The van der Waals surface area contributed by atoms with Crippen LogP contribution in [0.5, 0.6) is 0 Å². The molecule has 1 amide bonds. The third kappa shape index (κ3) is 3.98. The minimum atomic E-state index is -0.0138. The predicted octanol–water partition coefficient (Wildman–Crippen LogP) is 3.43. The molecule has 4 heteroatoms. The van der Waals surface area contributed by atoms with Crippen LogP contribution in [0.2, 0.25) is 0 Å². The van der Waals surface area contributed by atoms with Crippen molar-refractivity contribution in [2.24, 2.45) is 5.92 Å². The monoisotopic (exact) mass is 331 g/mol. The van der Waals surface area contributed by atoms with E-state index in [1.54, 1.807) is 7.11 Å². The van der Waals surface area contributed by atoms with Crippen LogP contribution in [0.25, 0.3) is 0 Å². The number of hydrogen-bond donors (Lipinski definition) is 0. The Kier molecular flexibility index (Phi) is 5.57. The number of methoxy groups -OCH3 is 1. The molecule has 1 aromatic rings. The van der Waals surface area contributed by atoms with Crippen molar-refractivity contribution in [1.82, 2.24) is 4.90 Å². The van der Waals surface area contributed by atoms with Gasteiger partial charge in [-0.25, -0.2) is 0 Å². The number of likely N-dealkylation sites (tertiary alicyclic amines) is 1. The zero-order valence-corrected chi connectivity index (χ0v) is 14.9. The van der Waals surface area contributed by atoms with Crippen molar-refractivity contribution in [3.63, 3.8) is 0 Å². The second-order valence-corrected chi connectivity index (χ2v) is 7.33. The molecule has 1 spiro atoms. The molecule has 1 unspecified atom stereocenters. The Morgan fingerprint density at radius 2 is 2.17 bits per heavy atom. The standard InChI is InChI=1S/C20H29NO3/c1-16-4-3-5-18(14-16)19(22)21-10-8-20(9-11-21)15-17(6-12-23-2)7-13-24-20/h3-5,14,17H,6-13,15H2,1-2H3. The van der Waals surface area contributed by atoms with E-state index in [1.807, 2.05) is 36.1 Å². The Morgan fingerprint density at radius 1 is 1.38 bits per heavy atom. The molecule has 24 heavy (non-hydrogen) atoms. The highest BCUT2D eigenvalue weighted by Gasteiger charge is 2.41. The zero-order chi connectivity index (χ0) is 17.0. The first-order chi connectivity index (χ1) is 11.6. The van der Waals surface area contributed by atoms with E-state index in [2.05, 4.69) is 0 Å². The molecule has 0 bridgehead atoms. The number of carbonyl (C=O) groups is 1. The predicted molar refractivity (Wildman–Crippen MR) is 94.2 cm³/mol. The SMILES string of the molecule is COCCC1CCOC2(CCN(C(=O)c3cccc(C)c3)CC2)C1. The van der Waals surface area contributed by atoms with E-state index in [1.165, 1.54) is 0 Å². The summed E-state index contributed by atoms with van der Waals surface area (Å²) in [5.41, 5.74) is 1.92. The van der Waals surface area contributed by atoms with E-state index < -0.39 is 0 Å². The fourth-order valence-electron chi connectivity index (χ4n) is 4.09. The number of carbonyl (C=O) groups excluding carboxylic acids is 1. The summed E-state index contributed by atoms with van der Waals surface area (Å²) in [5.74, 6) is 0.845. The van der Waals surface area contributed by atoms with Gasteiger partial charge in [-0.2, -0.15) is 0 Å². The van der Waals surface area contributed by atoms with Gasteiger partial charge in [0.2, 0.25) is 0 Å². The smallest absolute Gasteiger partial charge is 0.253 e. The van der Waals surface area contributed by atoms with Gasteiger partial charge in [0.15, 0.2) is 0 Å². The van der Waals surface area contributed by atoms with Gasteiger partial charge in [0.25, 0.3) is 5.91 Å². The minimum absolute atomic E-state index is 0.0138. The molecule has 4 nitrogen and oxygen atoms in total. The summed E-state index contributed by atoms with van der Waals surface area (Å²) >= 11 is 0. The van der Waals surface area contributed by atoms with Crippen LogP contribution in [0.15, 0.2) is 24.3 Å². The third-order valence-corrected chi connectivity index (χ3v) is 5.55. The molecule has 132 valence electrons. The molecule has 0 N–H and O–H groups in total. The van der Waals surface area contributed by atoms with Crippen LogP contribution in [0.4, 0.5) is 0 Å². The maximum Gasteiger partial charge on any atom is 0.253 e. The molecular formula is C20H29NO3. The molecule has 2 heterocycles. The van der Waals surface area contributed by atoms with Crippen LogP contribution >= 0.6 is 0 Å². The molecule has 0 saturated carbocycles. The number of piperidine rings is 1. The molecule has 0 radical (unpaired) electrons. The van der Waals surface area contributed by atoms with E-state index in [9.17, 15) is 4.79 Å². The second-order valence-electron chi connectivity index (χ2n) is 7.33. The van der Waals surface area contributed by atoms with Gasteiger partial charge in [0.05, 0.1) is 5.60 Å². The van der Waals surface area contributed by atoms with Gasteiger partial charge in [-0.1, -0.05) is 17.7 Å². The van der Waals surface area contributed by atoms with Crippen molar-refractivity contribution in [2.45, 2.75) is 44.6 Å². The van der Waals surface area contributed by atoms with Crippen molar-refractivity contribution < 1.29 is 14.3 Å². The number of nitrogens with zero attached hydrogens (tertiary/aromatic N) is 1. The summed E-state index contributed by atoms with van der Waals surface area (Å²) in [6, 6.07) is 7.87. The highest BCUT2D eigenvalue weighted by atomic mass is 16.5. The Morgan fingerprint density at radius 3 is 2.88 bits per heavy atom. The largest absolute Gasteiger partial charge is 0.385 e. The van der Waals surface area contributed by atoms with E-state index in [-0.39, 0.29) is 11.5 Å². The fraction of sp³-hybridized carbons (Fsp3) is 0.650. The molecule has 2 fully saturated rings. The normalized spacial score (nSPS) is 23.4. The molecular weight excluding hydrogens is 302 g/mol. The Labute approximate surface area is 145 Å². The van der Waals surface area contributed by atoms with E-state index in [0.29, 0.717) is 5.92 Å². The van der Waals surface area contributed by atoms with Gasteiger partial charge < -0.3 is 14.4 Å². The van der Waals surface area contributed by atoms with Gasteiger partial charge in [0.1, 0.15) is 0 Å². The van der Waals surface area contributed by atoms with Crippen LogP contribution in [0.3, 0.4) is 0 Å². The van der Waals surface area contributed by atoms with Crippen LogP contribution in [0.1, 0.15) is 48.0 Å². The Hall–Kier alpha value is -1.39. The number of amides is 1. The first kappa shape index (κ1) is 17.4. The van der Waals surface area contributed by atoms with E-state index in [4.69, 9.17) is 9.47 Å². The molecule has 2 aliphatic heterocycles.